The van der Waals surface area contributed by atoms with Crippen molar-refractivity contribution in [3.8, 4) is 5.69 Å². The molecule has 0 atom stereocenters. The normalized spacial score (nSPS) is 15.6. The number of nitrogens with two attached hydrogens (primary N) is 1. The third-order valence-electron chi connectivity index (χ3n) is 4.46. The van der Waals surface area contributed by atoms with E-state index < -0.39 is 0 Å². The highest BCUT2D eigenvalue weighted by Crippen LogP contribution is 2.12. The zero-order valence-corrected chi connectivity index (χ0v) is 15.5. The lowest BCUT2D eigenvalue weighted by atomic mass is 10.1. The van der Waals surface area contributed by atoms with Crippen LogP contribution in [0.25, 0.3) is 5.69 Å². The van der Waals surface area contributed by atoms with E-state index in [0.717, 1.165) is 24.1 Å². The smallest absolute Gasteiger partial charge is 0.409 e. The maximum atomic E-state index is 11.7. The van der Waals surface area contributed by atoms with Crippen LogP contribution in [-0.4, -0.2) is 52.5 Å². The van der Waals surface area contributed by atoms with Crippen LogP contribution in [0, 0.1) is 0 Å². The molecule has 3 N–H and O–H groups in total. The first-order chi connectivity index (χ1) is 13.2. The van der Waals surface area contributed by atoms with Gasteiger partial charge in [0.1, 0.15) is 0 Å². The van der Waals surface area contributed by atoms with Crippen LogP contribution >= 0.6 is 0 Å². The molecule has 2 heterocycles. The molecule has 1 saturated heterocycles. The van der Waals surface area contributed by atoms with Crippen LogP contribution in [0.4, 0.5) is 4.79 Å². The molecule has 3 rings (SSSR count). The van der Waals surface area contributed by atoms with Gasteiger partial charge in [0.05, 0.1) is 25.0 Å². The largest absolute Gasteiger partial charge is 0.450 e. The number of aromatic nitrogens is 2. The zero-order valence-electron chi connectivity index (χ0n) is 15.5. The second-order valence-electron chi connectivity index (χ2n) is 6.43. The summed E-state index contributed by atoms with van der Waals surface area (Å²) >= 11 is 0. The van der Waals surface area contributed by atoms with Gasteiger partial charge in [-0.15, -0.1) is 0 Å². The number of carbonyl (C=O) groups excluding carboxylic acids is 1. The minimum atomic E-state index is -0.243. The third-order valence-corrected chi connectivity index (χ3v) is 4.46. The third kappa shape index (κ3) is 5.22. The summed E-state index contributed by atoms with van der Waals surface area (Å²) < 4.78 is 6.85. The summed E-state index contributed by atoms with van der Waals surface area (Å²) in [5.41, 5.74) is 8.01. The van der Waals surface area contributed by atoms with E-state index >= 15 is 0 Å². The molecule has 0 saturated carbocycles. The number of piperidine rings is 1. The van der Waals surface area contributed by atoms with E-state index in [1.807, 2.05) is 48.1 Å². The first kappa shape index (κ1) is 18.8. The topological polar surface area (TPSA) is 97.8 Å². The SMILES string of the molecule is CCOC(=O)N1CCC(NC(N)=NCc2cnn(-c3ccccc3)c2)CC1. The summed E-state index contributed by atoms with van der Waals surface area (Å²) in [5.74, 6) is 0.414. The van der Waals surface area contributed by atoms with E-state index in [9.17, 15) is 4.79 Å². The fourth-order valence-electron chi connectivity index (χ4n) is 3.02. The van der Waals surface area contributed by atoms with Gasteiger partial charge >= 0.3 is 6.09 Å². The van der Waals surface area contributed by atoms with Crippen LogP contribution in [0.5, 0.6) is 0 Å². The van der Waals surface area contributed by atoms with Gasteiger partial charge in [0.25, 0.3) is 0 Å². The number of nitrogens with one attached hydrogen (secondary N) is 1. The molecule has 0 radical (unpaired) electrons. The summed E-state index contributed by atoms with van der Waals surface area (Å²) in [6.45, 7) is 4.00. The summed E-state index contributed by atoms with van der Waals surface area (Å²) in [7, 11) is 0. The maximum Gasteiger partial charge on any atom is 0.409 e. The summed E-state index contributed by atoms with van der Waals surface area (Å²) in [6.07, 6.45) is 5.14. The molecule has 0 unspecified atom stereocenters. The fraction of sp³-hybridized carbons (Fsp3) is 0.421. The summed E-state index contributed by atoms with van der Waals surface area (Å²) in [5, 5.41) is 7.60. The molecule has 0 spiro atoms. The molecule has 1 aliphatic rings. The van der Waals surface area contributed by atoms with Crippen molar-refractivity contribution in [2.45, 2.75) is 32.4 Å². The van der Waals surface area contributed by atoms with Crippen LogP contribution in [0.3, 0.4) is 0 Å². The molecule has 0 bridgehead atoms. The zero-order chi connectivity index (χ0) is 19.1. The van der Waals surface area contributed by atoms with Gasteiger partial charge in [-0.05, 0) is 31.9 Å². The lowest BCUT2D eigenvalue weighted by Crippen LogP contribution is -2.48. The number of hydrogen-bond donors (Lipinski definition) is 2. The number of likely N-dealkylation sites (tertiary alicyclic amines) is 1. The van der Waals surface area contributed by atoms with Gasteiger partial charge < -0.3 is 20.7 Å². The second kappa shape index (κ2) is 9.07. The Hall–Kier alpha value is -3.03. The average Bonchev–Trinajstić information content (AvgIpc) is 3.17. The van der Waals surface area contributed by atoms with Crippen LogP contribution in [0.15, 0.2) is 47.7 Å². The number of hydrogen-bond acceptors (Lipinski definition) is 4. The molecule has 1 aromatic heterocycles. The quantitative estimate of drug-likeness (QED) is 0.619. The van der Waals surface area contributed by atoms with Crippen LogP contribution in [0.2, 0.25) is 0 Å². The van der Waals surface area contributed by atoms with Crippen molar-refractivity contribution >= 4 is 12.1 Å². The van der Waals surface area contributed by atoms with Gasteiger partial charge in [0.2, 0.25) is 0 Å². The number of aliphatic imine (C=N–C) groups is 1. The van der Waals surface area contributed by atoms with Gasteiger partial charge in [-0.2, -0.15) is 5.10 Å². The van der Waals surface area contributed by atoms with Gasteiger partial charge in [0, 0.05) is 30.9 Å². The first-order valence-electron chi connectivity index (χ1n) is 9.23. The van der Waals surface area contributed by atoms with Gasteiger partial charge in [-0.25, -0.2) is 14.5 Å². The van der Waals surface area contributed by atoms with E-state index in [0.29, 0.717) is 32.2 Å². The average molecular weight is 370 g/mol. The molecule has 1 fully saturated rings. The Morgan fingerprint density at radius 1 is 1.33 bits per heavy atom. The van der Waals surface area contributed by atoms with Crippen molar-refractivity contribution in [1.29, 1.82) is 0 Å². The standard InChI is InChI=1S/C19H26N6O2/c1-2-27-19(26)24-10-8-16(9-11-24)23-18(20)21-12-15-13-22-25(14-15)17-6-4-3-5-7-17/h3-7,13-14,16H,2,8-12H2,1H3,(H3,20,21,23). The minimum Gasteiger partial charge on any atom is -0.450 e. The van der Waals surface area contributed by atoms with Crippen molar-refractivity contribution in [1.82, 2.24) is 20.0 Å². The molecule has 8 nitrogen and oxygen atoms in total. The van der Waals surface area contributed by atoms with E-state index in [2.05, 4.69) is 15.4 Å². The van der Waals surface area contributed by atoms with E-state index in [1.54, 1.807) is 11.1 Å². The number of benzene rings is 1. The Bertz CT molecular complexity index is 766. The highest BCUT2D eigenvalue weighted by atomic mass is 16.6. The van der Waals surface area contributed by atoms with E-state index in [4.69, 9.17) is 10.5 Å². The number of ether oxygens (including phenoxy) is 1. The summed E-state index contributed by atoms with van der Waals surface area (Å²) in [4.78, 5) is 17.9. The van der Waals surface area contributed by atoms with Crippen molar-refractivity contribution < 1.29 is 9.53 Å². The molecule has 0 aliphatic carbocycles. The number of carbonyl (C=O) groups is 1. The van der Waals surface area contributed by atoms with Gasteiger partial charge in [-0.1, -0.05) is 18.2 Å². The Kier molecular flexibility index (Phi) is 6.30. The van der Waals surface area contributed by atoms with Crippen LogP contribution in [-0.2, 0) is 11.3 Å². The number of nitrogens with zero attached hydrogens (tertiary/aromatic N) is 4. The lowest BCUT2D eigenvalue weighted by Gasteiger charge is -2.31. The predicted octanol–water partition coefficient (Wildman–Crippen LogP) is 1.90. The molecule has 1 aliphatic heterocycles. The Labute approximate surface area is 159 Å². The van der Waals surface area contributed by atoms with Crippen molar-refractivity contribution in [3.63, 3.8) is 0 Å². The number of amides is 1. The van der Waals surface area contributed by atoms with Crippen molar-refractivity contribution in [2.24, 2.45) is 10.7 Å². The number of guanidine groups is 1. The van der Waals surface area contributed by atoms with E-state index in [-0.39, 0.29) is 12.1 Å². The molecule has 1 aromatic carbocycles. The molecule has 2 aromatic rings. The fourth-order valence-corrected chi connectivity index (χ4v) is 3.02. The Morgan fingerprint density at radius 3 is 2.78 bits per heavy atom. The Morgan fingerprint density at radius 2 is 2.07 bits per heavy atom. The predicted molar refractivity (Wildman–Crippen MR) is 104 cm³/mol. The molecule has 8 heteroatoms. The summed E-state index contributed by atoms with van der Waals surface area (Å²) in [6, 6.07) is 10.1. The van der Waals surface area contributed by atoms with Crippen LogP contribution < -0.4 is 11.1 Å². The molecule has 27 heavy (non-hydrogen) atoms. The number of para-hydroxylation sites is 1. The minimum absolute atomic E-state index is 0.214. The molecular weight excluding hydrogens is 344 g/mol. The van der Waals surface area contributed by atoms with Gasteiger partial charge in [-0.3, -0.25) is 0 Å². The van der Waals surface area contributed by atoms with Gasteiger partial charge in [0.15, 0.2) is 5.96 Å². The highest BCUT2D eigenvalue weighted by molar-refractivity contribution is 5.78. The Balaban J connectivity index is 1.47. The first-order valence-corrected chi connectivity index (χ1v) is 9.23. The highest BCUT2D eigenvalue weighted by Gasteiger charge is 2.23. The molecule has 144 valence electrons. The lowest BCUT2D eigenvalue weighted by molar-refractivity contribution is 0.0963. The van der Waals surface area contributed by atoms with Crippen LogP contribution in [0.1, 0.15) is 25.3 Å². The van der Waals surface area contributed by atoms with Crippen molar-refractivity contribution in [2.75, 3.05) is 19.7 Å². The molecule has 1 amide bonds. The molecular formula is C19H26N6O2. The number of rotatable bonds is 5. The second-order valence-corrected chi connectivity index (χ2v) is 6.43. The monoisotopic (exact) mass is 370 g/mol. The van der Waals surface area contributed by atoms with E-state index in [1.165, 1.54) is 0 Å². The maximum absolute atomic E-state index is 11.7. The van der Waals surface area contributed by atoms with Crippen molar-refractivity contribution in [3.05, 3.63) is 48.3 Å².